The molecule has 6 nitrogen and oxygen atoms in total. The van der Waals surface area contributed by atoms with E-state index in [4.69, 9.17) is 8.92 Å². The molecule has 7 heteroatoms. The number of aryl methyl sites for hydroxylation is 1. The third-order valence-electron chi connectivity index (χ3n) is 4.71. The van der Waals surface area contributed by atoms with Crippen LogP contribution in [0.1, 0.15) is 64.9 Å². The molecule has 1 aromatic carbocycles. The molecule has 0 amide bonds. The lowest BCUT2D eigenvalue weighted by atomic mass is 9.91. The molecule has 0 heterocycles. The molecule has 0 bridgehead atoms. The van der Waals surface area contributed by atoms with Gasteiger partial charge in [-0.2, -0.15) is 8.42 Å². The van der Waals surface area contributed by atoms with Crippen molar-refractivity contribution in [1.29, 1.82) is 0 Å². The lowest BCUT2D eigenvalue weighted by molar-refractivity contribution is -0.150. The molecule has 0 radical (unpaired) electrons. The number of benzene rings is 1. The monoisotopic (exact) mass is 414 g/mol. The molecule has 2 rings (SSSR count). The van der Waals surface area contributed by atoms with Crippen molar-refractivity contribution in [3.63, 3.8) is 0 Å². The highest BCUT2D eigenvalue weighted by molar-refractivity contribution is 7.86. The second kappa shape index (κ2) is 12.2. The zero-order chi connectivity index (χ0) is 21.2. The van der Waals surface area contributed by atoms with E-state index in [1.807, 2.05) is 20.8 Å². The lowest BCUT2D eigenvalue weighted by Crippen LogP contribution is -2.30. The molecule has 0 unspecified atom stereocenters. The van der Waals surface area contributed by atoms with Crippen molar-refractivity contribution in [3.05, 3.63) is 29.8 Å². The van der Waals surface area contributed by atoms with Crippen LogP contribution in [0.5, 0.6) is 0 Å². The van der Waals surface area contributed by atoms with Crippen LogP contribution in [0.4, 0.5) is 0 Å². The first kappa shape index (κ1) is 24.6. The number of aliphatic hydroxyl groups is 1. The van der Waals surface area contributed by atoms with E-state index in [0.29, 0.717) is 6.42 Å². The first-order valence-electron chi connectivity index (χ1n) is 10.1. The number of aliphatic hydroxyl groups excluding tert-OH is 1. The van der Waals surface area contributed by atoms with Gasteiger partial charge in [-0.05, 0) is 50.7 Å². The predicted molar refractivity (Wildman–Crippen MR) is 108 cm³/mol. The van der Waals surface area contributed by atoms with Crippen LogP contribution in [0.3, 0.4) is 0 Å². The highest BCUT2D eigenvalue weighted by atomic mass is 32.2. The van der Waals surface area contributed by atoms with Crippen LogP contribution >= 0.6 is 0 Å². The summed E-state index contributed by atoms with van der Waals surface area (Å²) < 4.78 is 34.8. The molecular formula is C21H34O6S. The van der Waals surface area contributed by atoms with Gasteiger partial charge >= 0.3 is 5.97 Å². The zero-order valence-corrected chi connectivity index (χ0v) is 18.2. The summed E-state index contributed by atoms with van der Waals surface area (Å²) in [4.78, 5) is 11.4. The van der Waals surface area contributed by atoms with Crippen LogP contribution < -0.4 is 0 Å². The van der Waals surface area contributed by atoms with Crippen LogP contribution in [0.2, 0.25) is 0 Å². The predicted octanol–water partition coefficient (Wildman–Crippen LogP) is 3.99. The molecule has 28 heavy (non-hydrogen) atoms. The molecule has 0 spiro atoms. The molecule has 1 saturated carbocycles. The fourth-order valence-corrected chi connectivity index (χ4v) is 4.29. The van der Waals surface area contributed by atoms with E-state index in [0.717, 1.165) is 37.7 Å². The summed E-state index contributed by atoms with van der Waals surface area (Å²) in [6.07, 6.45) is 3.89. The van der Waals surface area contributed by atoms with Crippen molar-refractivity contribution in [1.82, 2.24) is 0 Å². The first-order chi connectivity index (χ1) is 13.3. The van der Waals surface area contributed by atoms with Gasteiger partial charge in [-0.1, -0.05) is 44.4 Å². The van der Waals surface area contributed by atoms with Gasteiger partial charge in [0.15, 0.2) is 0 Å². The molecule has 1 aliphatic carbocycles. The van der Waals surface area contributed by atoms with Crippen LogP contribution in [0.15, 0.2) is 29.2 Å². The van der Waals surface area contributed by atoms with Crippen molar-refractivity contribution >= 4 is 16.1 Å². The third-order valence-corrected chi connectivity index (χ3v) is 6.00. The minimum Gasteiger partial charge on any atom is -0.462 e. The Morgan fingerprint density at radius 3 is 2.36 bits per heavy atom. The molecule has 1 aromatic rings. The molecule has 0 aliphatic heterocycles. The normalized spacial score (nSPS) is 21.0. The molecular weight excluding hydrogens is 380 g/mol. The zero-order valence-electron chi connectivity index (χ0n) is 17.4. The number of hydrogen-bond donors (Lipinski definition) is 1. The maximum atomic E-state index is 12.2. The van der Waals surface area contributed by atoms with Crippen molar-refractivity contribution < 1.29 is 27.2 Å². The van der Waals surface area contributed by atoms with Gasteiger partial charge in [0.1, 0.15) is 6.10 Å². The Morgan fingerprint density at radius 2 is 1.75 bits per heavy atom. The third kappa shape index (κ3) is 8.29. The lowest BCUT2D eigenvalue weighted by Gasteiger charge is -2.26. The summed E-state index contributed by atoms with van der Waals surface area (Å²) in [5.41, 5.74) is 0.953. The maximum Gasteiger partial charge on any atom is 0.302 e. The van der Waals surface area contributed by atoms with E-state index >= 15 is 0 Å². The average Bonchev–Trinajstić information content (AvgIpc) is 2.87. The number of carbonyl (C=O) groups is 1. The van der Waals surface area contributed by atoms with Crippen molar-refractivity contribution in [3.8, 4) is 0 Å². The minimum absolute atomic E-state index is 0.0158. The second-order valence-electron chi connectivity index (χ2n) is 6.99. The summed E-state index contributed by atoms with van der Waals surface area (Å²) >= 11 is 0. The molecule has 1 N–H and O–H groups in total. The average molecular weight is 415 g/mol. The van der Waals surface area contributed by atoms with Gasteiger partial charge < -0.3 is 9.84 Å². The standard InChI is InChI=1S/C19H28O6S.C2H6/c1-14-8-10-18(11-9-14)26(22,23)24-13-17(21)12-16-6-4-3-5-7-19(16)25-15(2)20;1-2/h8-11,16-17,19,21H,3-7,12-13H2,1-2H3;1-2H3/t16-,17+,19+;/m0./s1. The van der Waals surface area contributed by atoms with Crippen LogP contribution in [-0.2, 0) is 23.8 Å². The van der Waals surface area contributed by atoms with E-state index in [-0.39, 0.29) is 29.5 Å². The summed E-state index contributed by atoms with van der Waals surface area (Å²) in [6.45, 7) is 6.95. The van der Waals surface area contributed by atoms with Crippen molar-refractivity contribution in [2.45, 2.75) is 83.3 Å². The smallest absolute Gasteiger partial charge is 0.302 e. The molecule has 0 aromatic heterocycles. The Morgan fingerprint density at radius 1 is 1.14 bits per heavy atom. The van der Waals surface area contributed by atoms with Gasteiger partial charge in [0.25, 0.3) is 10.1 Å². The van der Waals surface area contributed by atoms with E-state index in [1.165, 1.54) is 19.1 Å². The number of esters is 1. The Hall–Kier alpha value is -1.44. The van der Waals surface area contributed by atoms with Gasteiger partial charge in [-0.25, -0.2) is 0 Å². The Balaban J connectivity index is 0.00000190. The number of rotatable bonds is 7. The fraction of sp³-hybridized carbons (Fsp3) is 0.667. The largest absolute Gasteiger partial charge is 0.462 e. The summed E-state index contributed by atoms with van der Waals surface area (Å²) in [7, 11) is -3.90. The molecule has 1 fully saturated rings. The van der Waals surface area contributed by atoms with Gasteiger partial charge in [-0.15, -0.1) is 0 Å². The van der Waals surface area contributed by atoms with E-state index in [2.05, 4.69) is 0 Å². The summed E-state index contributed by atoms with van der Waals surface area (Å²) in [5.74, 6) is -0.309. The minimum atomic E-state index is -3.90. The van der Waals surface area contributed by atoms with Crippen LogP contribution in [0, 0.1) is 12.8 Å². The first-order valence-corrected chi connectivity index (χ1v) is 11.5. The maximum absolute atomic E-state index is 12.2. The highest BCUT2D eigenvalue weighted by Crippen LogP contribution is 2.29. The fourth-order valence-electron chi connectivity index (χ4n) is 3.35. The van der Waals surface area contributed by atoms with Gasteiger partial charge in [0, 0.05) is 6.92 Å². The summed E-state index contributed by atoms with van der Waals surface area (Å²) in [6, 6.07) is 6.36. The number of hydrogen-bond acceptors (Lipinski definition) is 6. The van der Waals surface area contributed by atoms with Crippen LogP contribution in [-0.4, -0.2) is 38.3 Å². The molecule has 160 valence electrons. The number of carbonyl (C=O) groups excluding carboxylic acids is 1. The van der Waals surface area contributed by atoms with Crippen molar-refractivity contribution in [2.75, 3.05) is 6.61 Å². The second-order valence-corrected chi connectivity index (χ2v) is 8.60. The van der Waals surface area contributed by atoms with Gasteiger partial charge in [0.2, 0.25) is 0 Å². The Labute approximate surface area is 169 Å². The summed E-state index contributed by atoms with van der Waals surface area (Å²) in [5, 5.41) is 10.3. The molecule has 0 saturated heterocycles. The molecule has 1 aliphatic rings. The molecule has 3 atom stereocenters. The van der Waals surface area contributed by atoms with Gasteiger partial charge in [0.05, 0.1) is 17.6 Å². The van der Waals surface area contributed by atoms with Crippen LogP contribution in [0.25, 0.3) is 0 Å². The van der Waals surface area contributed by atoms with E-state index in [1.54, 1.807) is 12.1 Å². The Bertz CT molecular complexity index is 683. The van der Waals surface area contributed by atoms with E-state index < -0.39 is 16.2 Å². The quantitative estimate of drug-likeness (QED) is 0.412. The number of ether oxygens (including phenoxy) is 1. The highest BCUT2D eigenvalue weighted by Gasteiger charge is 2.29. The Kier molecular flexibility index (Phi) is 10.7. The SMILES string of the molecule is CC.CC(=O)O[C@@H]1CCCCC[C@H]1C[C@@H](O)COS(=O)(=O)c1ccc(C)cc1. The van der Waals surface area contributed by atoms with E-state index in [9.17, 15) is 18.3 Å². The van der Waals surface area contributed by atoms with Gasteiger partial charge in [-0.3, -0.25) is 8.98 Å². The van der Waals surface area contributed by atoms with Crippen molar-refractivity contribution in [2.24, 2.45) is 5.92 Å². The topological polar surface area (TPSA) is 89.9 Å².